The standard InChI is InChI=1S/C15H16ClN3O3S/c1-11(20)23-7-14-6-21-15(22-14,8-19-10-17-9-18-19)12-2-4-13(16)5-3-12/h2-5,9-10,14H,6-8H2,1H3. The Hall–Kier alpha value is -1.41. The first-order valence-electron chi connectivity index (χ1n) is 7.11. The molecule has 1 aliphatic rings. The fourth-order valence-corrected chi connectivity index (χ4v) is 3.13. The Morgan fingerprint density at radius 3 is 2.91 bits per heavy atom. The van der Waals surface area contributed by atoms with E-state index < -0.39 is 5.79 Å². The fraction of sp³-hybridized carbons (Fsp3) is 0.400. The predicted octanol–water partition coefficient (Wildman–Crippen LogP) is 2.48. The van der Waals surface area contributed by atoms with Crippen LogP contribution in [0.4, 0.5) is 0 Å². The molecule has 2 aromatic rings. The normalized spacial score (nSPS) is 24.0. The minimum Gasteiger partial charge on any atom is -0.342 e. The average Bonchev–Trinajstić information content (AvgIpc) is 3.17. The van der Waals surface area contributed by atoms with E-state index in [0.29, 0.717) is 23.9 Å². The van der Waals surface area contributed by atoms with Gasteiger partial charge in [-0.25, -0.2) is 9.67 Å². The third-order valence-corrected chi connectivity index (χ3v) is 4.65. The lowest BCUT2D eigenvalue weighted by atomic mass is 10.1. The molecule has 1 saturated heterocycles. The summed E-state index contributed by atoms with van der Waals surface area (Å²) in [5.74, 6) is -0.400. The van der Waals surface area contributed by atoms with Crippen LogP contribution in [-0.4, -0.2) is 38.3 Å². The molecule has 8 heteroatoms. The molecule has 2 unspecified atom stereocenters. The van der Waals surface area contributed by atoms with Gasteiger partial charge in [0.05, 0.1) is 12.7 Å². The molecule has 1 aromatic heterocycles. The minimum atomic E-state index is -0.958. The molecule has 1 aromatic carbocycles. The Morgan fingerprint density at radius 1 is 1.48 bits per heavy atom. The molecule has 1 fully saturated rings. The molecule has 2 heterocycles. The summed E-state index contributed by atoms with van der Waals surface area (Å²) in [6.07, 6.45) is 2.92. The van der Waals surface area contributed by atoms with Crippen LogP contribution in [0.1, 0.15) is 12.5 Å². The van der Waals surface area contributed by atoms with Gasteiger partial charge in [0, 0.05) is 23.3 Å². The quantitative estimate of drug-likeness (QED) is 0.822. The molecule has 0 bridgehead atoms. The lowest BCUT2D eigenvalue weighted by molar-refractivity contribution is -0.186. The van der Waals surface area contributed by atoms with E-state index in [1.165, 1.54) is 18.1 Å². The van der Waals surface area contributed by atoms with Crippen LogP contribution in [0.2, 0.25) is 5.02 Å². The largest absolute Gasteiger partial charge is 0.342 e. The lowest BCUT2D eigenvalue weighted by Gasteiger charge is -2.28. The maximum atomic E-state index is 11.2. The van der Waals surface area contributed by atoms with Crippen molar-refractivity contribution in [2.75, 3.05) is 12.4 Å². The number of carbonyl (C=O) groups is 1. The molecule has 122 valence electrons. The third kappa shape index (κ3) is 3.92. The van der Waals surface area contributed by atoms with Gasteiger partial charge in [0.25, 0.3) is 0 Å². The maximum Gasteiger partial charge on any atom is 0.215 e. The van der Waals surface area contributed by atoms with E-state index in [4.69, 9.17) is 21.1 Å². The zero-order chi connectivity index (χ0) is 16.3. The molecule has 0 N–H and O–H groups in total. The van der Waals surface area contributed by atoms with Crippen LogP contribution in [0, 0.1) is 0 Å². The maximum absolute atomic E-state index is 11.2. The number of nitrogens with zero attached hydrogens (tertiary/aromatic N) is 3. The van der Waals surface area contributed by atoms with Crippen LogP contribution < -0.4 is 0 Å². The first-order chi connectivity index (χ1) is 11.1. The van der Waals surface area contributed by atoms with Gasteiger partial charge in [-0.1, -0.05) is 35.5 Å². The van der Waals surface area contributed by atoms with E-state index >= 15 is 0 Å². The highest BCUT2D eigenvalue weighted by molar-refractivity contribution is 8.13. The van der Waals surface area contributed by atoms with Crippen molar-refractivity contribution < 1.29 is 14.3 Å². The number of ether oxygens (including phenoxy) is 2. The Labute approximate surface area is 143 Å². The smallest absolute Gasteiger partial charge is 0.215 e. The number of hydrogen-bond donors (Lipinski definition) is 0. The number of rotatable bonds is 5. The first-order valence-corrected chi connectivity index (χ1v) is 8.47. The van der Waals surface area contributed by atoms with Crippen molar-refractivity contribution in [1.82, 2.24) is 14.8 Å². The topological polar surface area (TPSA) is 66.2 Å². The molecule has 3 rings (SSSR count). The molecule has 2 atom stereocenters. The van der Waals surface area contributed by atoms with Crippen molar-refractivity contribution in [3.05, 3.63) is 47.5 Å². The van der Waals surface area contributed by atoms with Crippen molar-refractivity contribution >= 4 is 28.5 Å². The van der Waals surface area contributed by atoms with Gasteiger partial charge >= 0.3 is 0 Å². The Kier molecular flexibility index (Phi) is 5.01. The molecule has 6 nitrogen and oxygen atoms in total. The monoisotopic (exact) mass is 353 g/mol. The van der Waals surface area contributed by atoms with Crippen LogP contribution in [0.3, 0.4) is 0 Å². The molecule has 1 aliphatic heterocycles. The Bertz CT molecular complexity index is 665. The van der Waals surface area contributed by atoms with Gasteiger partial charge < -0.3 is 9.47 Å². The number of hydrogen-bond acceptors (Lipinski definition) is 6. The lowest BCUT2D eigenvalue weighted by Crippen LogP contribution is -2.34. The van der Waals surface area contributed by atoms with Gasteiger partial charge in [-0.05, 0) is 12.1 Å². The van der Waals surface area contributed by atoms with Crippen LogP contribution in [0.5, 0.6) is 0 Å². The van der Waals surface area contributed by atoms with E-state index in [9.17, 15) is 4.79 Å². The Balaban J connectivity index is 1.83. The number of thioether (sulfide) groups is 1. The van der Waals surface area contributed by atoms with E-state index in [1.807, 2.05) is 12.1 Å². The molecular weight excluding hydrogens is 338 g/mol. The molecule has 0 amide bonds. The summed E-state index contributed by atoms with van der Waals surface area (Å²) in [6.45, 7) is 2.33. The molecule has 23 heavy (non-hydrogen) atoms. The number of carbonyl (C=O) groups excluding carboxylic acids is 1. The summed E-state index contributed by atoms with van der Waals surface area (Å²) in [6, 6.07) is 7.34. The van der Waals surface area contributed by atoms with Crippen molar-refractivity contribution in [2.45, 2.75) is 25.4 Å². The van der Waals surface area contributed by atoms with E-state index in [-0.39, 0.29) is 11.2 Å². The fourth-order valence-electron chi connectivity index (χ4n) is 2.41. The zero-order valence-corrected chi connectivity index (χ0v) is 14.1. The highest BCUT2D eigenvalue weighted by Crippen LogP contribution is 2.37. The summed E-state index contributed by atoms with van der Waals surface area (Å²) in [5.41, 5.74) is 0.854. The van der Waals surface area contributed by atoms with Crippen molar-refractivity contribution in [3.63, 3.8) is 0 Å². The number of halogens is 1. The van der Waals surface area contributed by atoms with Gasteiger partial charge in [-0.15, -0.1) is 0 Å². The van der Waals surface area contributed by atoms with Crippen molar-refractivity contribution in [2.24, 2.45) is 0 Å². The van der Waals surface area contributed by atoms with Gasteiger partial charge in [0.2, 0.25) is 5.79 Å². The average molecular weight is 354 g/mol. The summed E-state index contributed by atoms with van der Waals surface area (Å²) < 4.78 is 13.8. The van der Waals surface area contributed by atoms with Crippen molar-refractivity contribution in [3.8, 4) is 0 Å². The van der Waals surface area contributed by atoms with Crippen LogP contribution >= 0.6 is 23.4 Å². The first kappa shape index (κ1) is 16.4. The molecule has 0 spiro atoms. The highest BCUT2D eigenvalue weighted by atomic mass is 35.5. The van der Waals surface area contributed by atoms with Crippen LogP contribution in [0.15, 0.2) is 36.9 Å². The van der Waals surface area contributed by atoms with Gasteiger partial charge in [-0.3, -0.25) is 4.79 Å². The van der Waals surface area contributed by atoms with Gasteiger partial charge in [-0.2, -0.15) is 5.10 Å². The summed E-state index contributed by atoms with van der Waals surface area (Å²) >= 11 is 7.20. The van der Waals surface area contributed by atoms with E-state index in [0.717, 1.165) is 5.56 Å². The van der Waals surface area contributed by atoms with E-state index in [2.05, 4.69) is 10.1 Å². The highest BCUT2D eigenvalue weighted by Gasteiger charge is 2.44. The second kappa shape index (κ2) is 7.00. The molecule has 0 aliphatic carbocycles. The molecule has 0 saturated carbocycles. The number of benzene rings is 1. The van der Waals surface area contributed by atoms with Gasteiger partial charge in [0.15, 0.2) is 5.12 Å². The summed E-state index contributed by atoms with van der Waals surface area (Å²) in [4.78, 5) is 15.1. The van der Waals surface area contributed by atoms with Crippen molar-refractivity contribution in [1.29, 1.82) is 0 Å². The SMILES string of the molecule is CC(=O)SCC1COC(Cn2cncn2)(c2ccc(Cl)cc2)O1. The summed E-state index contributed by atoms with van der Waals surface area (Å²) in [7, 11) is 0. The van der Waals surface area contributed by atoms with Crippen LogP contribution in [0.25, 0.3) is 0 Å². The second-order valence-electron chi connectivity index (χ2n) is 5.21. The molecular formula is C15H16ClN3O3S. The summed E-state index contributed by atoms with van der Waals surface area (Å²) in [5, 5.41) is 4.84. The zero-order valence-electron chi connectivity index (χ0n) is 12.5. The van der Waals surface area contributed by atoms with E-state index in [1.54, 1.807) is 30.1 Å². The predicted molar refractivity (Wildman–Crippen MR) is 87.1 cm³/mol. The second-order valence-corrected chi connectivity index (χ2v) is 6.84. The minimum absolute atomic E-state index is 0.0638. The third-order valence-electron chi connectivity index (χ3n) is 3.45. The molecule has 0 radical (unpaired) electrons. The number of aromatic nitrogens is 3. The Morgan fingerprint density at radius 2 is 2.26 bits per heavy atom. The van der Waals surface area contributed by atoms with Gasteiger partial charge in [0.1, 0.15) is 19.2 Å². The van der Waals surface area contributed by atoms with Crippen LogP contribution in [-0.2, 0) is 26.6 Å².